The third kappa shape index (κ3) is 5.22. The van der Waals surface area contributed by atoms with Crippen LogP contribution in [0.4, 0.5) is 5.82 Å². The highest BCUT2D eigenvalue weighted by Crippen LogP contribution is 2.32. The lowest BCUT2D eigenvalue weighted by Crippen LogP contribution is -2.44. The highest BCUT2D eigenvalue weighted by Gasteiger charge is 2.32. The van der Waals surface area contributed by atoms with Gasteiger partial charge in [0.05, 0.1) is 0 Å². The van der Waals surface area contributed by atoms with Crippen LogP contribution in [0.2, 0.25) is 0 Å². The monoisotopic (exact) mass is 448 g/mol. The molecule has 1 aromatic heterocycles. The van der Waals surface area contributed by atoms with E-state index in [4.69, 9.17) is 4.98 Å². The first kappa shape index (κ1) is 22.4. The molecule has 1 aromatic carbocycles. The van der Waals surface area contributed by atoms with Gasteiger partial charge in [-0.3, -0.25) is 9.69 Å². The molecule has 0 spiro atoms. The summed E-state index contributed by atoms with van der Waals surface area (Å²) in [5.74, 6) is 1.60. The molecule has 2 fully saturated rings. The molecule has 2 N–H and O–H groups in total. The molecule has 1 atom stereocenters. The molecule has 0 bridgehead atoms. The summed E-state index contributed by atoms with van der Waals surface area (Å²) in [5, 5.41) is 13.3. The lowest BCUT2D eigenvalue weighted by atomic mass is 9.90. The van der Waals surface area contributed by atoms with E-state index in [0.29, 0.717) is 11.8 Å². The topological polar surface area (TPSA) is 68.7 Å². The molecule has 2 saturated heterocycles. The number of carboxylic acids is 1. The number of rotatable bonds is 6. The van der Waals surface area contributed by atoms with E-state index in [-0.39, 0.29) is 0 Å². The van der Waals surface area contributed by atoms with Gasteiger partial charge in [0.2, 0.25) is 0 Å². The maximum atomic E-state index is 12.0. The summed E-state index contributed by atoms with van der Waals surface area (Å²) in [6.45, 7) is 6.18. The summed E-state index contributed by atoms with van der Waals surface area (Å²) in [5.41, 5.74) is 3.51. The number of hydrogen-bond donors (Lipinski definition) is 2. The number of fused-ring (bicyclic) bond motifs is 1. The second-order valence-corrected chi connectivity index (χ2v) is 9.98. The van der Waals surface area contributed by atoms with Crippen LogP contribution in [-0.2, 0) is 11.2 Å². The molecule has 0 saturated carbocycles. The maximum absolute atomic E-state index is 12.0. The maximum Gasteiger partial charge on any atom is 0.325 e. The Balaban J connectivity index is 1.10. The van der Waals surface area contributed by atoms with Crippen molar-refractivity contribution in [3.8, 4) is 0 Å². The van der Waals surface area contributed by atoms with Gasteiger partial charge >= 0.3 is 5.97 Å². The van der Waals surface area contributed by atoms with Crippen molar-refractivity contribution in [3.05, 3.63) is 59.3 Å². The number of nitrogens with one attached hydrogen (secondary N) is 1. The predicted octanol–water partition coefficient (Wildman–Crippen LogP) is 4.16. The van der Waals surface area contributed by atoms with Crippen LogP contribution >= 0.6 is 0 Å². The quantitative estimate of drug-likeness (QED) is 0.692. The van der Waals surface area contributed by atoms with Crippen LogP contribution in [0.15, 0.2) is 42.5 Å². The number of piperidine rings is 2. The largest absolute Gasteiger partial charge is 0.480 e. The Hall–Kier alpha value is -2.44. The van der Waals surface area contributed by atoms with Crippen LogP contribution < -0.4 is 5.32 Å². The minimum Gasteiger partial charge on any atom is -0.480 e. The summed E-state index contributed by atoms with van der Waals surface area (Å²) in [6, 6.07) is 13.7. The molecule has 6 nitrogen and oxygen atoms in total. The lowest BCUT2D eigenvalue weighted by Gasteiger charge is -2.39. The van der Waals surface area contributed by atoms with Crippen molar-refractivity contribution < 1.29 is 9.90 Å². The summed E-state index contributed by atoms with van der Waals surface area (Å²) in [6.07, 6.45) is 6.86. The third-order valence-electron chi connectivity index (χ3n) is 7.80. The molecule has 3 aliphatic rings. The second kappa shape index (κ2) is 10.2. The van der Waals surface area contributed by atoms with E-state index in [2.05, 4.69) is 27.2 Å². The molecule has 4 heterocycles. The summed E-state index contributed by atoms with van der Waals surface area (Å²) < 4.78 is 0. The normalized spacial score (nSPS) is 21.8. The first-order valence-corrected chi connectivity index (χ1v) is 12.7. The van der Waals surface area contributed by atoms with Gasteiger partial charge in [0.1, 0.15) is 11.9 Å². The standard InChI is InChI=1S/C27H36N4O2/c32-27(33)25(22-5-2-1-3-6-22)31-17-10-20(11-18-31)19-30-15-12-21(13-16-30)24-9-8-23-7-4-14-28-26(23)29-24/h1-3,5-6,8-9,20-21,25H,4,7,10-19H2,(H,28,29)(H,32,33)/t25-/m1/s1. The predicted molar refractivity (Wildman–Crippen MR) is 131 cm³/mol. The minimum atomic E-state index is -0.743. The first-order chi connectivity index (χ1) is 16.2. The summed E-state index contributed by atoms with van der Waals surface area (Å²) >= 11 is 0. The number of carbonyl (C=O) groups is 1. The van der Waals surface area contributed by atoms with Crippen molar-refractivity contribution >= 4 is 11.8 Å². The zero-order valence-corrected chi connectivity index (χ0v) is 19.5. The number of pyridine rings is 1. The number of likely N-dealkylation sites (tertiary alicyclic amines) is 2. The van der Waals surface area contributed by atoms with E-state index in [1.807, 2.05) is 30.3 Å². The average Bonchev–Trinajstić information content (AvgIpc) is 2.86. The Morgan fingerprint density at radius 1 is 1.03 bits per heavy atom. The third-order valence-corrected chi connectivity index (χ3v) is 7.80. The number of hydrogen-bond acceptors (Lipinski definition) is 5. The molecule has 176 valence electrons. The van der Waals surface area contributed by atoms with E-state index < -0.39 is 12.0 Å². The van der Waals surface area contributed by atoms with E-state index in [9.17, 15) is 9.90 Å². The summed E-state index contributed by atoms with van der Waals surface area (Å²) in [4.78, 5) is 21.7. The average molecular weight is 449 g/mol. The molecule has 3 aliphatic heterocycles. The Kier molecular flexibility index (Phi) is 6.93. The first-order valence-electron chi connectivity index (χ1n) is 12.7. The van der Waals surface area contributed by atoms with E-state index in [1.54, 1.807) is 0 Å². The van der Waals surface area contributed by atoms with Gasteiger partial charge in [0, 0.05) is 24.7 Å². The molecule has 0 unspecified atom stereocenters. The molecule has 5 rings (SSSR count). The number of nitrogens with zero attached hydrogens (tertiary/aromatic N) is 3. The Morgan fingerprint density at radius 3 is 2.52 bits per heavy atom. The van der Waals surface area contributed by atoms with Crippen LogP contribution in [0.5, 0.6) is 0 Å². The molecular formula is C27H36N4O2. The number of anilines is 1. The molecule has 0 aliphatic carbocycles. The fourth-order valence-electron chi connectivity index (χ4n) is 5.89. The van der Waals surface area contributed by atoms with Gasteiger partial charge in [0.25, 0.3) is 0 Å². The highest BCUT2D eigenvalue weighted by atomic mass is 16.4. The van der Waals surface area contributed by atoms with Crippen molar-refractivity contribution in [1.82, 2.24) is 14.8 Å². The van der Waals surface area contributed by atoms with Crippen molar-refractivity contribution in [2.75, 3.05) is 44.6 Å². The Bertz CT molecular complexity index is 934. The van der Waals surface area contributed by atoms with Crippen molar-refractivity contribution in [2.45, 2.75) is 50.5 Å². The van der Waals surface area contributed by atoms with Crippen molar-refractivity contribution in [1.29, 1.82) is 0 Å². The smallest absolute Gasteiger partial charge is 0.325 e. The van der Waals surface area contributed by atoms with Gasteiger partial charge in [-0.25, -0.2) is 4.98 Å². The second-order valence-electron chi connectivity index (χ2n) is 9.98. The van der Waals surface area contributed by atoms with Crippen LogP contribution in [-0.4, -0.2) is 65.1 Å². The van der Waals surface area contributed by atoms with Gasteiger partial charge in [-0.15, -0.1) is 0 Å². The molecule has 0 amide bonds. The minimum absolute atomic E-state index is 0.526. The Labute approximate surface area is 197 Å². The van der Waals surface area contributed by atoms with Gasteiger partial charge < -0.3 is 15.3 Å². The Morgan fingerprint density at radius 2 is 1.79 bits per heavy atom. The van der Waals surface area contributed by atoms with E-state index >= 15 is 0 Å². The zero-order chi connectivity index (χ0) is 22.6. The van der Waals surface area contributed by atoms with E-state index in [0.717, 1.165) is 69.9 Å². The lowest BCUT2D eigenvalue weighted by molar-refractivity contribution is -0.144. The molecule has 0 radical (unpaired) electrons. The summed E-state index contributed by atoms with van der Waals surface area (Å²) in [7, 11) is 0. The molecule has 2 aromatic rings. The van der Waals surface area contributed by atoms with Crippen molar-refractivity contribution in [2.24, 2.45) is 5.92 Å². The van der Waals surface area contributed by atoms with Gasteiger partial charge in [0.15, 0.2) is 0 Å². The van der Waals surface area contributed by atoms with Crippen LogP contribution in [0.3, 0.4) is 0 Å². The van der Waals surface area contributed by atoms with Crippen LogP contribution in [0.1, 0.15) is 60.9 Å². The number of benzene rings is 1. The van der Waals surface area contributed by atoms with Crippen molar-refractivity contribution in [3.63, 3.8) is 0 Å². The molecule has 6 heteroatoms. The van der Waals surface area contributed by atoms with Gasteiger partial charge in [-0.05, 0) is 87.8 Å². The number of aromatic nitrogens is 1. The van der Waals surface area contributed by atoms with Crippen LogP contribution in [0.25, 0.3) is 0 Å². The number of aliphatic carboxylic acids is 1. The van der Waals surface area contributed by atoms with Gasteiger partial charge in [-0.2, -0.15) is 0 Å². The number of carboxylic acid groups (broad SMARTS) is 1. The zero-order valence-electron chi connectivity index (χ0n) is 19.5. The van der Waals surface area contributed by atoms with Gasteiger partial charge in [-0.1, -0.05) is 36.4 Å². The molecule has 33 heavy (non-hydrogen) atoms. The highest BCUT2D eigenvalue weighted by molar-refractivity contribution is 5.75. The number of aryl methyl sites for hydroxylation is 1. The SMILES string of the molecule is O=C(O)[C@@H](c1ccccc1)N1CCC(CN2CCC(c3ccc4c(n3)NCCC4)CC2)CC1. The fourth-order valence-corrected chi connectivity index (χ4v) is 5.89. The fraction of sp³-hybridized carbons (Fsp3) is 0.556. The van der Waals surface area contributed by atoms with Crippen LogP contribution in [0, 0.1) is 5.92 Å². The molecular weight excluding hydrogens is 412 g/mol. The van der Waals surface area contributed by atoms with E-state index in [1.165, 1.54) is 30.5 Å².